The molecule has 1 saturated heterocycles. The highest BCUT2D eigenvalue weighted by Gasteiger charge is 2.28. The lowest BCUT2D eigenvalue weighted by molar-refractivity contribution is -0.384. The molecule has 0 amide bonds. The molecule has 1 aliphatic heterocycles. The van der Waals surface area contributed by atoms with Crippen LogP contribution in [-0.4, -0.2) is 63.2 Å². The minimum absolute atomic E-state index is 0.0720. The maximum atomic E-state index is 12.7. The van der Waals surface area contributed by atoms with E-state index in [1.165, 1.54) is 35.7 Å². The fourth-order valence-electron chi connectivity index (χ4n) is 3.69. The van der Waals surface area contributed by atoms with E-state index < -0.39 is 14.9 Å². The summed E-state index contributed by atoms with van der Waals surface area (Å²) in [5, 5.41) is 14.5. The normalized spacial score (nSPS) is 19.2. The summed E-state index contributed by atoms with van der Waals surface area (Å²) in [5.74, 6) is 0. The van der Waals surface area contributed by atoms with Gasteiger partial charge >= 0.3 is 0 Å². The van der Waals surface area contributed by atoms with Crippen LogP contribution in [0, 0.1) is 10.1 Å². The van der Waals surface area contributed by atoms with Gasteiger partial charge in [-0.2, -0.15) is 4.31 Å². The van der Waals surface area contributed by atoms with Gasteiger partial charge in [0.25, 0.3) is 5.69 Å². The van der Waals surface area contributed by atoms with Crippen molar-refractivity contribution in [2.24, 2.45) is 0 Å². The third-order valence-electron chi connectivity index (χ3n) is 5.32. The zero-order valence-electron chi connectivity index (χ0n) is 16.5. The number of nitro groups is 1. The van der Waals surface area contributed by atoms with E-state index in [1.54, 1.807) is 0 Å². The predicted molar refractivity (Wildman–Crippen MR) is 109 cm³/mol. The molecule has 0 atom stereocenters. The number of morpholine rings is 1. The van der Waals surface area contributed by atoms with Crippen molar-refractivity contribution in [1.82, 2.24) is 4.31 Å². The van der Waals surface area contributed by atoms with Gasteiger partial charge < -0.3 is 14.8 Å². The van der Waals surface area contributed by atoms with Crippen molar-refractivity contribution in [3.05, 3.63) is 28.3 Å². The molecule has 0 spiro atoms. The summed E-state index contributed by atoms with van der Waals surface area (Å²) in [6.07, 6.45) is 6.99. The Balaban J connectivity index is 1.58. The van der Waals surface area contributed by atoms with Crippen LogP contribution in [0.15, 0.2) is 23.1 Å². The van der Waals surface area contributed by atoms with E-state index >= 15 is 0 Å². The summed E-state index contributed by atoms with van der Waals surface area (Å²) in [5.41, 5.74) is 0.0705. The molecular weight excluding hydrogens is 398 g/mol. The number of hydrogen-bond acceptors (Lipinski definition) is 7. The summed E-state index contributed by atoms with van der Waals surface area (Å²) in [6, 6.07) is 4.01. The lowest BCUT2D eigenvalue weighted by atomic mass is 9.98. The van der Waals surface area contributed by atoms with Gasteiger partial charge in [-0.3, -0.25) is 10.1 Å². The van der Waals surface area contributed by atoms with Gasteiger partial charge in [-0.1, -0.05) is 19.3 Å². The van der Waals surface area contributed by atoms with Gasteiger partial charge in [0, 0.05) is 32.3 Å². The Morgan fingerprint density at radius 2 is 1.93 bits per heavy atom. The third-order valence-corrected chi connectivity index (χ3v) is 7.21. The molecule has 9 nitrogen and oxygen atoms in total. The van der Waals surface area contributed by atoms with Gasteiger partial charge in [0.2, 0.25) is 10.0 Å². The van der Waals surface area contributed by atoms with Crippen LogP contribution in [0.4, 0.5) is 11.4 Å². The van der Waals surface area contributed by atoms with Gasteiger partial charge in [-0.05, 0) is 31.4 Å². The highest BCUT2D eigenvalue weighted by Crippen LogP contribution is 2.29. The van der Waals surface area contributed by atoms with Crippen molar-refractivity contribution in [3.63, 3.8) is 0 Å². The van der Waals surface area contributed by atoms with Crippen LogP contribution in [0.5, 0.6) is 0 Å². The number of sulfonamides is 1. The maximum Gasteiger partial charge on any atom is 0.293 e. The Kier molecular flexibility index (Phi) is 7.82. The van der Waals surface area contributed by atoms with E-state index in [0.717, 1.165) is 25.3 Å². The lowest BCUT2D eigenvalue weighted by Gasteiger charge is -2.26. The molecule has 10 heteroatoms. The third kappa shape index (κ3) is 5.88. The molecule has 0 bridgehead atoms. The van der Waals surface area contributed by atoms with E-state index in [9.17, 15) is 18.5 Å². The average Bonchev–Trinajstić information content (AvgIpc) is 2.74. The fraction of sp³-hybridized carbons (Fsp3) is 0.684. The van der Waals surface area contributed by atoms with Crippen LogP contribution in [0.2, 0.25) is 0 Å². The van der Waals surface area contributed by atoms with Crippen LogP contribution < -0.4 is 5.32 Å². The Bertz CT molecular complexity index is 789. The Hall–Kier alpha value is -1.75. The number of nitrogens with zero attached hydrogens (tertiary/aromatic N) is 2. The van der Waals surface area contributed by atoms with E-state index in [1.807, 2.05) is 0 Å². The second-order valence-corrected chi connectivity index (χ2v) is 9.30. The predicted octanol–water partition coefficient (Wildman–Crippen LogP) is 2.77. The first kappa shape index (κ1) is 21.9. The van der Waals surface area contributed by atoms with Crippen molar-refractivity contribution in [2.45, 2.75) is 49.5 Å². The lowest BCUT2D eigenvalue weighted by Crippen LogP contribution is -2.40. The number of nitrogens with one attached hydrogen (secondary N) is 1. The molecule has 1 aromatic rings. The summed E-state index contributed by atoms with van der Waals surface area (Å²) in [6.45, 7) is 2.26. The largest absolute Gasteiger partial charge is 0.379 e. The molecule has 0 aromatic heterocycles. The first-order chi connectivity index (χ1) is 14.0. The van der Waals surface area contributed by atoms with Crippen molar-refractivity contribution in [3.8, 4) is 0 Å². The van der Waals surface area contributed by atoms with Crippen LogP contribution in [0.3, 0.4) is 0 Å². The molecule has 2 fully saturated rings. The second-order valence-electron chi connectivity index (χ2n) is 7.36. The van der Waals surface area contributed by atoms with Crippen LogP contribution in [-0.2, 0) is 19.5 Å². The molecule has 0 radical (unpaired) electrons. The van der Waals surface area contributed by atoms with Gasteiger partial charge in [0.05, 0.1) is 29.1 Å². The van der Waals surface area contributed by atoms with E-state index in [-0.39, 0.29) is 23.7 Å². The summed E-state index contributed by atoms with van der Waals surface area (Å²) in [4.78, 5) is 10.9. The smallest absolute Gasteiger partial charge is 0.293 e. The van der Waals surface area contributed by atoms with E-state index in [2.05, 4.69) is 5.32 Å². The SMILES string of the molecule is O=[N+]([O-])c1cc(S(=O)(=O)N2CCOCC2)ccc1NCCCOC1CCCCC1. The van der Waals surface area contributed by atoms with Crippen molar-refractivity contribution < 1.29 is 22.8 Å². The quantitative estimate of drug-likeness (QED) is 0.366. The summed E-state index contributed by atoms with van der Waals surface area (Å²) < 4.78 is 37.8. The molecule has 1 heterocycles. The highest BCUT2D eigenvalue weighted by molar-refractivity contribution is 7.89. The maximum absolute atomic E-state index is 12.7. The van der Waals surface area contributed by atoms with Crippen molar-refractivity contribution in [2.75, 3.05) is 44.8 Å². The van der Waals surface area contributed by atoms with E-state index in [4.69, 9.17) is 9.47 Å². The topological polar surface area (TPSA) is 111 Å². The molecule has 29 heavy (non-hydrogen) atoms. The summed E-state index contributed by atoms with van der Waals surface area (Å²) >= 11 is 0. The van der Waals surface area contributed by atoms with E-state index in [0.29, 0.717) is 38.2 Å². The first-order valence-electron chi connectivity index (χ1n) is 10.2. The van der Waals surface area contributed by atoms with Gasteiger partial charge in [0.1, 0.15) is 5.69 Å². The Morgan fingerprint density at radius 3 is 2.62 bits per heavy atom. The molecule has 162 valence electrons. The standard InChI is InChI=1S/C19H29N3O6S/c23-22(24)19-15-17(29(25,26)21-10-13-27-14-11-21)7-8-18(19)20-9-4-12-28-16-5-2-1-3-6-16/h7-8,15-16,20H,1-6,9-14H2. The number of ether oxygens (including phenoxy) is 2. The monoisotopic (exact) mass is 427 g/mol. The van der Waals surface area contributed by atoms with Crippen LogP contribution in [0.25, 0.3) is 0 Å². The minimum Gasteiger partial charge on any atom is -0.379 e. The Morgan fingerprint density at radius 1 is 1.21 bits per heavy atom. The van der Waals surface area contributed by atoms with Gasteiger partial charge in [-0.15, -0.1) is 0 Å². The molecule has 0 unspecified atom stereocenters. The van der Waals surface area contributed by atoms with Gasteiger partial charge in [-0.25, -0.2) is 8.42 Å². The second kappa shape index (κ2) is 10.3. The highest BCUT2D eigenvalue weighted by atomic mass is 32.2. The molecule has 1 saturated carbocycles. The Labute approximate surface area is 171 Å². The molecule has 1 N–H and O–H groups in total. The zero-order valence-corrected chi connectivity index (χ0v) is 17.4. The molecule has 1 aromatic carbocycles. The number of benzene rings is 1. The number of rotatable bonds is 9. The minimum atomic E-state index is -3.78. The van der Waals surface area contributed by atoms with Crippen molar-refractivity contribution in [1.29, 1.82) is 0 Å². The number of nitro benzene ring substituents is 1. The van der Waals surface area contributed by atoms with Crippen LogP contribution >= 0.6 is 0 Å². The van der Waals surface area contributed by atoms with Crippen molar-refractivity contribution >= 4 is 21.4 Å². The van der Waals surface area contributed by atoms with Gasteiger partial charge in [0.15, 0.2) is 0 Å². The fourth-order valence-corrected chi connectivity index (χ4v) is 5.11. The molecule has 1 aliphatic carbocycles. The molecular formula is C19H29N3O6S. The van der Waals surface area contributed by atoms with Crippen LogP contribution in [0.1, 0.15) is 38.5 Å². The first-order valence-corrected chi connectivity index (χ1v) is 11.6. The number of anilines is 1. The number of hydrogen-bond donors (Lipinski definition) is 1. The zero-order chi connectivity index (χ0) is 20.7. The molecule has 2 aliphatic rings. The molecule has 3 rings (SSSR count). The summed E-state index contributed by atoms with van der Waals surface area (Å²) in [7, 11) is -3.78. The average molecular weight is 428 g/mol.